The van der Waals surface area contributed by atoms with Crippen LogP contribution in [0.3, 0.4) is 0 Å². The topological polar surface area (TPSA) is 152 Å². The van der Waals surface area contributed by atoms with Gasteiger partial charge >= 0.3 is 23.9 Å². The molecule has 53 heavy (non-hydrogen) atoms. The second-order valence-corrected chi connectivity index (χ2v) is 19.4. The molecule has 5 aliphatic carbocycles. The SMILES string of the molecule is CC(=O)OC[C@H]1O[C@H](O[C@H]2CC[C@]3(C)[C@H]4C(=O)C=C5[C@H]6C[C@@](C)(C(=O)O)CC[C@]6(C)CC[C@@]5(C)[C@]4(C)CC[C@H]3C2(C)C)C[C@H](OC(C)=O)[C@H]1OC(C)=O. The summed E-state index contributed by atoms with van der Waals surface area (Å²) in [6, 6.07) is 0. The van der Waals surface area contributed by atoms with E-state index in [1.54, 1.807) is 0 Å². The fourth-order valence-corrected chi connectivity index (χ4v) is 12.8. The molecule has 0 unspecified atom stereocenters. The molecule has 4 saturated carbocycles. The van der Waals surface area contributed by atoms with Crippen LogP contribution < -0.4 is 0 Å². The summed E-state index contributed by atoms with van der Waals surface area (Å²) in [4.78, 5) is 63.2. The van der Waals surface area contributed by atoms with Gasteiger partial charge in [-0.05, 0) is 110 Å². The Balaban J connectivity index is 1.27. The van der Waals surface area contributed by atoms with E-state index in [1.807, 2.05) is 13.0 Å². The van der Waals surface area contributed by atoms with Gasteiger partial charge in [0.25, 0.3) is 0 Å². The third-order valence-electron chi connectivity index (χ3n) is 15.9. The lowest BCUT2D eigenvalue weighted by Gasteiger charge is -2.70. The zero-order chi connectivity index (χ0) is 39.1. The highest BCUT2D eigenvalue weighted by atomic mass is 16.7. The Bertz CT molecular complexity index is 1570. The average Bonchev–Trinajstić information content (AvgIpc) is 3.04. The molecule has 6 aliphatic rings. The summed E-state index contributed by atoms with van der Waals surface area (Å²) in [5.74, 6) is -2.13. The van der Waals surface area contributed by atoms with Gasteiger partial charge in [0.1, 0.15) is 18.8 Å². The van der Waals surface area contributed by atoms with Crippen LogP contribution in [0.5, 0.6) is 0 Å². The molecule has 1 N–H and O–H groups in total. The van der Waals surface area contributed by atoms with Gasteiger partial charge in [-0.2, -0.15) is 0 Å². The number of carbonyl (C=O) groups excluding carboxylic acids is 4. The van der Waals surface area contributed by atoms with Gasteiger partial charge in [-0.25, -0.2) is 0 Å². The lowest BCUT2D eigenvalue weighted by molar-refractivity contribution is -0.299. The molecule has 1 heterocycles. The van der Waals surface area contributed by atoms with Crippen LogP contribution in [0.1, 0.15) is 133 Å². The Morgan fingerprint density at radius 2 is 1.51 bits per heavy atom. The van der Waals surface area contributed by atoms with Crippen LogP contribution in [0.2, 0.25) is 0 Å². The number of esters is 3. The molecule has 6 rings (SSSR count). The van der Waals surface area contributed by atoms with E-state index in [1.165, 1.54) is 26.3 Å². The summed E-state index contributed by atoms with van der Waals surface area (Å²) < 4.78 is 29.6. The second kappa shape index (κ2) is 13.5. The Hall–Kier alpha value is -2.79. The van der Waals surface area contributed by atoms with Crippen LogP contribution in [0.25, 0.3) is 0 Å². The minimum absolute atomic E-state index is 0.00660. The molecular weight excluding hydrogens is 680 g/mol. The number of hydrogen-bond donors (Lipinski definition) is 1. The van der Waals surface area contributed by atoms with Gasteiger partial charge in [-0.1, -0.05) is 47.1 Å². The lowest BCUT2D eigenvalue weighted by Crippen LogP contribution is -2.67. The highest BCUT2D eigenvalue weighted by Crippen LogP contribution is 2.75. The maximum atomic E-state index is 14.8. The van der Waals surface area contributed by atoms with Gasteiger partial charge in [0, 0.05) is 33.1 Å². The third kappa shape index (κ3) is 6.47. The third-order valence-corrected chi connectivity index (χ3v) is 15.9. The molecule has 0 aromatic rings. The number of hydrogen-bond acceptors (Lipinski definition) is 10. The minimum atomic E-state index is -0.977. The largest absolute Gasteiger partial charge is 0.481 e. The molecule has 0 amide bonds. The van der Waals surface area contributed by atoms with Crippen LogP contribution in [0.4, 0.5) is 0 Å². The number of carbonyl (C=O) groups is 5. The molecule has 11 nitrogen and oxygen atoms in total. The Kier molecular flexibility index (Phi) is 10.1. The first-order valence-corrected chi connectivity index (χ1v) is 19.8. The molecule has 1 aliphatic heterocycles. The first-order chi connectivity index (χ1) is 24.5. The van der Waals surface area contributed by atoms with Crippen molar-refractivity contribution in [2.75, 3.05) is 6.61 Å². The van der Waals surface area contributed by atoms with Gasteiger partial charge in [0.2, 0.25) is 0 Å². The van der Waals surface area contributed by atoms with E-state index >= 15 is 0 Å². The van der Waals surface area contributed by atoms with E-state index in [-0.39, 0.29) is 69.7 Å². The molecule has 5 fully saturated rings. The standard InChI is InChI=1S/C42H62O11/c1-23(43)49-22-30-34(51-25(3)45)29(50-24(2)44)20-33(52-30)53-32-12-13-40(8)31(37(32,4)5)11-14-42(10)35(40)28(46)19-26-27-21-39(7,36(47)48)16-15-38(27,6)17-18-41(26,42)9/h19,27,29-35H,11-18,20-22H2,1-10H3,(H,47,48)/t27-,29+,30-,31+,32+,33-,34-,35-,38-,39+,40+,41-,42-/m1/s1. The van der Waals surface area contributed by atoms with E-state index in [0.29, 0.717) is 19.3 Å². The summed E-state index contributed by atoms with van der Waals surface area (Å²) in [5, 5.41) is 10.2. The van der Waals surface area contributed by atoms with Crippen LogP contribution in [-0.2, 0) is 47.7 Å². The van der Waals surface area contributed by atoms with Crippen molar-refractivity contribution in [2.45, 2.75) is 164 Å². The van der Waals surface area contributed by atoms with E-state index < -0.39 is 53.9 Å². The second-order valence-electron chi connectivity index (χ2n) is 19.4. The quantitative estimate of drug-likeness (QED) is 0.163. The van der Waals surface area contributed by atoms with Crippen molar-refractivity contribution in [2.24, 2.45) is 50.2 Å². The van der Waals surface area contributed by atoms with Gasteiger partial charge in [-0.15, -0.1) is 0 Å². The van der Waals surface area contributed by atoms with Crippen molar-refractivity contribution in [1.29, 1.82) is 0 Å². The zero-order valence-corrected chi connectivity index (χ0v) is 33.5. The van der Waals surface area contributed by atoms with Gasteiger partial charge in [0.15, 0.2) is 18.2 Å². The molecule has 1 saturated heterocycles. The first kappa shape index (κ1) is 39.9. The molecule has 0 radical (unpaired) electrons. The molecule has 11 heteroatoms. The number of allylic oxidation sites excluding steroid dienone is 2. The predicted octanol–water partition coefficient (Wildman–Crippen LogP) is 6.98. The summed E-state index contributed by atoms with van der Waals surface area (Å²) >= 11 is 0. The Morgan fingerprint density at radius 1 is 0.849 bits per heavy atom. The predicted molar refractivity (Wildman–Crippen MR) is 193 cm³/mol. The molecule has 0 bridgehead atoms. The fourth-order valence-electron chi connectivity index (χ4n) is 12.8. The van der Waals surface area contributed by atoms with Crippen LogP contribution in [0, 0.1) is 50.2 Å². The fraction of sp³-hybridized carbons (Fsp3) is 0.833. The number of rotatable bonds is 7. The number of ether oxygens (including phenoxy) is 5. The molecule has 0 aromatic heterocycles. The van der Waals surface area contributed by atoms with Gasteiger partial charge < -0.3 is 28.8 Å². The van der Waals surface area contributed by atoms with Crippen molar-refractivity contribution in [3.05, 3.63) is 11.6 Å². The maximum absolute atomic E-state index is 14.8. The van der Waals surface area contributed by atoms with Crippen molar-refractivity contribution >= 4 is 29.7 Å². The van der Waals surface area contributed by atoms with E-state index in [2.05, 4.69) is 41.5 Å². The summed E-state index contributed by atoms with van der Waals surface area (Å²) in [6.07, 6.45) is 5.71. The van der Waals surface area contributed by atoms with E-state index in [4.69, 9.17) is 23.7 Å². The molecule has 0 spiro atoms. The van der Waals surface area contributed by atoms with Crippen LogP contribution >= 0.6 is 0 Å². The summed E-state index contributed by atoms with van der Waals surface area (Å²) in [6.45, 7) is 19.3. The summed E-state index contributed by atoms with van der Waals surface area (Å²) in [7, 11) is 0. The highest BCUT2D eigenvalue weighted by Gasteiger charge is 2.70. The molecule has 13 atom stereocenters. The van der Waals surface area contributed by atoms with Crippen molar-refractivity contribution in [3.8, 4) is 0 Å². The summed E-state index contributed by atoms with van der Waals surface area (Å²) in [5.41, 5.74) is -0.752. The van der Waals surface area contributed by atoms with Crippen molar-refractivity contribution in [3.63, 3.8) is 0 Å². The zero-order valence-electron chi connectivity index (χ0n) is 33.5. The first-order valence-electron chi connectivity index (χ1n) is 19.8. The van der Waals surface area contributed by atoms with Gasteiger partial charge in [0.05, 0.1) is 11.5 Å². The number of aliphatic carboxylic acids is 1. The van der Waals surface area contributed by atoms with Crippen molar-refractivity contribution < 1.29 is 52.8 Å². The maximum Gasteiger partial charge on any atom is 0.309 e. The molecular formula is C42H62O11. The number of fused-ring (bicyclic) bond motifs is 7. The molecule has 0 aromatic carbocycles. The van der Waals surface area contributed by atoms with Crippen LogP contribution in [0.15, 0.2) is 11.6 Å². The van der Waals surface area contributed by atoms with Gasteiger partial charge in [-0.3, -0.25) is 24.0 Å². The molecule has 296 valence electrons. The Morgan fingerprint density at radius 3 is 2.13 bits per heavy atom. The minimum Gasteiger partial charge on any atom is -0.481 e. The van der Waals surface area contributed by atoms with E-state index in [9.17, 15) is 29.1 Å². The lowest BCUT2D eigenvalue weighted by atomic mass is 9.33. The van der Waals surface area contributed by atoms with E-state index in [0.717, 1.165) is 38.5 Å². The van der Waals surface area contributed by atoms with Crippen molar-refractivity contribution in [1.82, 2.24) is 0 Å². The number of carboxylic acids is 1. The number of carboxylic acid groups (broad SMARTS) is 1. The smallest absolute Gasteiger partial charge is 0.309 e. The Labute approximate surface area is 314 Å². The average molecular weight is 743 g/mol. The highest BCUT2D eigenvalue weighted by molar-refractivity contribution is 5.95. The normalized spacial score (nSPS) is 45.9. The monoisotopic (exact) mass is 742 g/mol. The number of ketones is 1. The van der Waals surface area contributed by atoms with Crippen LogP contribution in [-0.4, -0.2) is 72.1 Å².